The highest BCUT2D eigenvalue weighted by Gasteiger charge is 2.28. The first-order valence-electron chi connectivity index (χ1n) is 8.72. The Balaban J connectivity index is 1.51. The van der Waals surface area contributed by atoms with E-state index in [4.69, 9.17) is 0 Å². The number of rotatable bonds is 4. The molecule has 0 spiro atoms. The van der Waals surface area contributed by atoms with Crippen molar-refractivity contribution >= 4 is 23.4 Å². The Bertz CT molecular complexity index is 909. The Kier molecular flexibility index (Phi) is 4.75. The van der Waals surface area contributed by atoms with Gasteiger partial charge in [0.25, 0.3) is 0 Å². The van der Waals surface area contributed by atoms with Crippen LogP contribution in [0.2, 0.25) is 0 Å². The molecule has 0 unspecified atom stereocenters. The lowest BCUT2D eigenvalue weighted by atomic mass is 9.97. The molecule has 0 saturated carbocycles. The quantitative estimate of drug-likeness (QED) is 0.662. The number of benzene rings is 2. The Morgan fingerprint density at radius 3 is 2.77 bits per heavy atom. The minimum atomic E-state index is 0.109. The van der Waals surface area contributed by atoms with Gasteiger partial charge in [0.15, 0.2) is 5.16 Å². The zero-order chi connectivity index (χ0) is 17.9. The van der Waals surface area contributed by atoms with Crippen molar-refractivity contribution in [3.8, 4) is 5.69 Å². The normalized spacial score (nSPS) is 16.3. The molecule has 2 aromatic carbocycles. The van der Waals surface area contributed by atoms with Crippen LogP contribution in [0.25, 0.3) is 5.69 Å². The van der Waals surface area contributed by atoms with Crippen molar-refractivity contribution in [2.24, 2.45) is 0 Å². The molecule has 1 aliphatic heterocycles. The highest BCUT2D eigenvalue weighted by Crippen LogP contribution is 2.31. The van der Waals surface area contributed by atoms with E-state index in [2.05, 4.69) is 23.2 Å². The van der Waals surface area contributed by atoms with Crippen LogP contribution in [0, 0.1) is 0 Å². The molecular formula is C20H20N4OS. The predicted octanol–water partition coefficient (Wildman–Crippen LogP) is 3.73. The number of hydrogen-bond donors (Lipinski definition) is 0. The number of carbonyl (C=O) groups is 1. The average molecular weight is 364 g/mol. The number of aryl methyl sites for hydroxylation is 1. The van der Waals surface area contributed by atoms with E-state index < -0.39 is 0 Å². The summed E-state index contributed by atoms with van der Waals surface area (Å²) >= 11 is 1.43. The number of carbonyl (C=O) groups excluding carboxylic acids is 1. The second kappa shape index (κ2) is 7.33. The van der Waals surface area contributed by atoms with Gasteiger partial charge in [-0.05, 0) is 43.5 Å². The maximum Gasteiger partial charge on any atom is 0.237 e. The van der Waals surface area contributed by atoms with Gasteiger partial charge in [-0.25, -0.2) is 0 Å². The lowest BCUT2D eigenvalue weighted by Gasteiger charge is -2.35. The maximum absolute atomic E-state index is 13.0. The summed E-state index contributed by atoms with van der Waals surface area (Å²) in [5.74, 6) is 0.446. The summed E-state index contributed by atoms with van der Waals surface area (Å²) < 4.78 is 1.91. The van der Waals surface area contributed by atoms with Gasteiger partial charge in [-0.2, -0.15) is 0 Å². The molecule has 0 N–H and O–H groups in total. The number of amides is 1. The van der Waals surface area contributed by atoms with E-state index in [0.29, 0.717) is 5.75 Å². The van der Waals surface area contributed by atoms with Crippen LogP contribution >= 0.6 is 11.8 Å². The molecule has 0 saturated heterocycles. The van der Waals surface area contributed by atoms with Crippen LogP contribution in [-0.2, 0) is 11.2 Å². The molecule has 0 fully saturated rings. The molecule has 5 nitrogen and oxygen atoms in total. The lowest BCUT2D eigenvalue weighted by molar-refractivity contribution is -0.116. The monoisotopic (exact) mass is 364 g/mol. The first-order valence-corrected chi connectivity index (χ1v) is 9.71. The summed E-state index contributed by atoms with van der Waals surface area (Å²) in [4.78, 5) is 14.9. The number of nitrogens with zero attached hydrogens (tertiary/aromatic N) is 4. The summed E-state index contributed by atoms with van der Waals surface area (Å²) in [5, 5.41) is 8.91. The summed E-state index contributed by atoms with van der Waals surface area (Å²) in [7, 11) is 0. The van der Waals surface area contributed by atoms with Gasteiger partial charge in [0, 0.05) is 17.4 Å². The van der Waals surface area contributed by atoms with E-state index in [0.717, 1.165) is 29.4 Å². The number of thioether (sulfide) groups is 1. The first-order chi connectivity index (χ1) is 12.7. The first kappa shape index (κ1) is 16.8. The second-order valence-corrected chi connectivity index (χ2v) is 7.33. The molecule has 1 atom stereocenters. The molecule has 4 rings (SSSR count). The highest BCUT2D eigenvalue weighted by molar-refractivity contribution is 7.99. The molecular weight excluding hydrogens is 344 g/mol. The third-order valence-electron chi connectivity index (χ3n) is 4.67. The molecule has 6 heteroatoms. The van der Waals surface area contributed by atoms with Crippen LogP contribution in [0.1, 0.15) is 18.9 Å². The minimum absolute atomic E-state index is 0.109. The van der Waals surface area contributed by atoms with Crippen molar-refractivity contribution in [1.82, 2.24) is 14.8 Å². The maximum atomic E-state index is 13.0. The Labute approximate surface area is 157 Å². The van der Waals surface area contributed by atoms with Crippen molar-refractivity contribution in [3.63, 3.8) is 0 Å². The summed E-state index contributed by atoms with van der Waals surface area (Å²) in [6, 6.07) is 18.3. The number of para-hydroxylation sites is 2. The van der Waals surface area contributed by atoms with Crippen LogP contribution in [0.5, 0.6) is 0 Å². The van der Waals surface area contributed by atoms with Crippen LogP contribution in [-0.4, -0.2) is 32.5 Å². The molecule has 2 heterocycles. The standard InChI is InChI=1S/C20H20N4OS/c1-15-11-12-16-7-5-6-10-18(16)24(15)19(25)13-26-20-22-21-14-23(20)17-8-3-2-4-9-17/h2-10,14-15H,11-13H2,1H3/t15-/m1/s1. The van der Waals surface area contributed by atoms with Gasteiger partial charge < -0.3 is 4.90 Å². The van der Waals surface area contributed by atoms with Gasteiger partial charge in [-0.3, -0.25) is 9.36 Å². The van der Waals surface area contributed by atoms with Gasteiger partial charge in [-0.15, -0.1) is 10.2 Å². The average Bonchev–Trinajstić information content (AvgIpc) is 3.15. The predicted molar refractivity (Wildman–Crippen MR) is 104 cm³/mol. The van der Waals surface area contributed by atoms with E-state index >= 15 is 0 Å². The van der Waals surface area contributed by atoms with Gasteiger partial charge in [0.1, 0.15) is 6.33 Å². The van der Waals surface area contributed by atoms with E-state index in [-0.39, 0.29) is 11.9 Å². The van der Waals surface area contributed by atoms with Gasteiger partial charge in [-0.1, -0.05) is 48.2 Å². The van der Waals surface area contributed by atoms with Crippen molar-refractivity contribution in [2.45, 2.75) is 31.0 Å². The number of aromatic nitrogens is 3. The van der Waals surface area contributed by atoms with Gasteiger partial charge >= 0.3 is 0 Å². The van der Waals surface area contributed by atoms with Crippen molar-refractivity contribution in [3.05, 3.63) is 66.5 Å². The fraction of sp³-hybridized carbons (Fsp3) is 0.250. The van der Waals surface area contributed by atoms with Gasteiger partial charge in [0.2, 0.25) is 5.91 Å². The summed E-state index contributed by atoms with van der Waals surface area (Å²) in [6.45, 7) is 2.12. The van der Waals surface area contributed by atoms with E-state index in [1.165, 1.54) is 17.3 Å². The van der Waals surface area contributed by atoms with Gasteiger partial charge in [0.05, 0.1) is 5.75 Å². The Hall–Kier alpha value is -2.60. The molecule has 0 aliphatic carbocycles. The second-order valence-electron chi connectivity index (χ2n) is 6.39. The topological polar surface area (TPSA) is 51.0 Å². The lowest BCUT2D eigenvalue weighted by Crippen LogP contribution is -2.43. The Morgan fingerprint density at radius 1 is 1.15 bits per heavy atom. The fourth-order valence-electron chi connectivity index (χ4n) is 3.35. The molecule has 0 radical (unpaired) electrons. The van der Waals surface area contributed by atoms with E-state index in [1.807, 2.05) is 58.0 Å². The number of fused-ring (bicyclic) bond motifs is 1. The summed E-state index contributed by atoms with van der Waals surface area (Å²) in [6.07, 6.45) is 3.70. The van der Waals surface area contributed by atoms with Crippen molar-refractivity contribution in [2.75, 3.05) is 10.7 Å². The molecule has 132 valence electrons. The zero-order valence-electron chi connectivity index (χ0n) is 14.6. The zero-order valence-corrected chi connectivity index (χ0v) is 15.4. The molecule has 1 aliphatic rings. The SMILES string of the molecule is C[C@@H]1CCc2ccccc2N1C(=O)CSc1nncn1-c1ccccc1. The third kappa shape index (κ3) is 3.24. The minimum Gasteiger partial charge on any atom is -0.309 e. The van der Waals surface area contributed by atoms with E-state index in [1.54, 1.807) is 6.33 Å². The molecule has 3 aromatic rings. The van der Waals surface area contributed by atoms with Crippen molar-refractivity contribution < 1.29 is 4.79 Å². The smallest absolute Gasteiger partial charge is 0.237 e. The molecule has 0 bridgehead atoms. The van der Waals surface area contributed by atoms with E-state index in [9.17, 15) is 4.79 Å². The Morgan fingerprint density at radius 2 is 1.92 bits per heavy atom. The third-order valence-corrected chi connectivity index (χ3v) is 5.60. The largest absolute Gasteiger partial charge is 0.309 e. The number of hydrogen-bond acceptors (Lipinski definition) is 4. The van der Waals surface area contributed by atoms with Crippen LogP contribution in [0.15, 0.2) is 66.1 Å². The summed E-state index contributed by atoms with van der Waals surface area (Å²) in [5.41, 5.74) is 3.28. The highest BCUT2D eigenvalue weighted by atomic mass is 32.2. The fourth-order valence-corrected chi connectivity index (χ4v) is 4.14. The molecule has 1 amide bonds. The van der Waals surface area contributed by atoms with Crippen molar-refractivity contribution in [1.29, 1.82) is 0 Å². The molecule has 1 aromatic heterocycles. The number of anilines is 1. The van der Waals surface area contributed by atoms with Crippen LogP contribution in [0.3, 0.4) is 0 Å². The van der Waals surface area contributed by atoms with Crippen LogP contribution < -0.4 is 4.90 Å². The molecule has 26 heavy (non-hydrogen) atoms. The van der Waals surface area contributed by atoms with Crippen LogP contribution in [0.4, 0.5) is 5.69 Å².